The lowest BCUT2D eigenvalue weighted by atomic mass is 10.0. The number of hydrogen-bond donors (Lipinski definition) is 0. The Balaban J connectivity index is 1.59. The highest BCUT2D eigenvalue weighted by atomic mass is 16.5. The van der Waals surface area contributed by atoms with Crippen molar-refractivity contribution in [2.24, 2.45) is 0 Å². The van der Waals surface area contributed by atoms with Gasteiger partial charge < -0.3 is 9.42 Å². The van der Waals surface area contributed by atoms with Gasteiger partial charge in [-0.05, 0) is 25.3 Å². The molecule has 0 bridgehead atoms. The molecule has 2 aromatic carbocycles. The predicted molar refractivity (Wildman–Crippen MR) is 96.1 cm³/mol. The fourth-order valence-electron chi connectivity index (χ4n) is 3.50. The molecule has 4 nitrogen and oxygen atoms in total. The van der Waals surface area contributed by atoms with Gasteiger partial charge >= 0.3 is 0 Å². The van der Waals surface area contributed by atoms with Gasteiger partial charge in [0.2, 0.25) is 5.76 Å². The summed E-state index contributed by atoms with van der Waals surface area (Å²) in [5, 5.41) is 4.07. The van der Waals surface area contributed by atoms with Crippen LogP contribution in [0.3, 0.4) is 0 Å². The molecule has 1 unspecified atom stereocenters. The Morgan fingerprint density at radius 2 is 1.96 bits per heavy atom. The van der Waals surface area contributed by atoms with E-state index < -0.39 is 0 Å². The van der Waals surface area contributed by atoms with Crippen molar-refractivity contribution in [1.82, 2.24) is 10.1 Å². The average molecular weight is 332 g/mol. The Kier molecular flexibility index (Phi) is 4.10. The molecule has 0 aliphatic carbocycles. The van der Waals surface area contributed by atoms with Crippen molar-refractivity contribution >= 4 is 5.91 Å². The SMILES string of the molecule is Cc1cccc(C2CCCN2C(=O)c2cc(-c3ccccc3)no2)c1. The second-order valence-electron chi connectivity index (χ2n) is 6.51. The van der Waals surface area contributed by atoms with Crippen molar-refractivity contribution in [1.29, 1.82) is 0 Å². The van der Waals surface area contributed by atoms with Gasteiger partial charge in [-0.1, -0.05) is 65.3 Å². The maximum atomic E-state index is 13.0. The summed E-state index contributed by atoms with van der Waals surface area (Å²) in [6, 6.07) is 20.0. The van der Waals surface area contributed by atoms with Gasteiger partial charge in [-0.3, -0.25) is 4.79 Å². The van der Waals surface area contributed by atoms with E-state index in [1.54, 1.807) is 6.07 Å². The first kappa shape index (κ1) is 15.6. The second kappa shape index (κ2) is 6.55. The van der Waals surface area contributed by atoms with Crippen LogP contribution in [0.1, 0.15) is 40.6 Å². The van der Waals surface area contributed by atoms with Crippen molar-refractivity contribution in [2.75, 3.05) is 6.54 Å². The van der Waals surface area contributed by atoms with Gasteiger partial charge in [-0.25, -0.2) is 0 Å². The topological polar surface area (TPSA) is 46.3 Å². The number of likely N-dealkylation sites (tertiary alicyclic amines) is 1. The molecule has 4 heteroatoms. The van der Waals surface area contributed by atoms with E-state index in [4.69, 9.17) is 4.52 Å². The smallest absolute Gasteiger partial charge is 0.292 e. The second-order valence-corrected chi connectivity index (χ2v) is 6.51. The minimum Gasteiger partial charge on any atom is -0.350 e. The van der Waals surface area contributed by atoms with Crippen LogP contribution in [0.4, 0.5) is 0 Å². The number of aryl methyl sites for hydroxylation is 1. The predicted octanol–water partition coefficient (Wildman–Crippen LogP) is 4.63. The van der Waals surface area contributed by atoms with Gasteiger partial charge in [0, 0.05) is 18.2 Å². The molecule has 1 aromatic heterocycles. The molecule has 1 atom stereocenters. The lowest BCUT2D eigenvalue weighted by Crippen LogP contribution is -2.30. The molecule has 0 radical (unpaired) electrons. The Labute approximate surface area is 147 Å². The first-order valence-corrected chi connectivity index (χ1v) is 8.62. The van der Waals surface area contributed by atoms with E-state index in [1.807, 2.05) is 41.3 Å². The zero-order chi connectivity index (χ0) is 17.2. The fourth-order valence-corrected chi connectivity index (χ4v) is 3.50. The minimum absolute atomic E-state index is 0.0845. The molecule has 0 spiro atoms. The molecule has 0 N–H and O–H groups in total. The van der Waals surface area contributed by atoms with Crippen LogP contribution in [-0.2, 0) is 0 Å². The molecule has 0 saturated carbocycles. The van der Waals surface area contributed by atoms with E-state index in [-0.39, 0.29) is 11.9 Å². The number of carbonyl (C=O) groups is 1. The number of hydrogen-bond acceptors (Lipinski definition) is 3. The van der Waals surface area contributed by atoms with E-state index >= 15 is 0 Å². The quantitative estimate of drug-likeness (QED) is 0.702. The first-order chi connectivity index (χ1) is 12.2. The van der Waals surface area contributed by atoms with E-state index in [9.17, 15) is 4.79 Å². The number of benzene rings is 2. The van der Waals surface area contributed by atoms with Crippen LogP contribution in [0.2, 0.25) is 0 Å². The summed E-state index contributed by atoms with van der Waals surface area (Å²) in [6.07, 6.45) is 1.99. The van der Waals surface area contributed by atoms with Crippen molar-refractivity contribution in [3.05, 3.63) is 77.6 Å². The average Bonchev–Trinajstić information content (AvgIpc) is 3.32. The van der Waals surface area contributed by atoms with Crippen molar-refractivity contribution in [2.45, 2.75) is 25.8 Å². The normalized spacial score (nSPS) is 17.0. The number of rotatable bonds is 3. The lowest BCUT2D eigenvalue weighted by Gasteiger charge is -2.24. The van der Waals surface area contributed by atoms with Gasteiger partial charge in [0.1, 0.15) is 5.69 Å². The van der Waals surface area contributed by atoms with Crippen LogP contribution < -0.4 is 0 Å². The molecular weight excluding hydrogens is 312 g/mol. The van der Waals surface area contributed by atoms with Crippen LogP contribution in [0, 0.1) is 6.92 Å². The molecule has 3 aromatic rings. The highest BCUT2D eigenvalue weighted by Gasteiger charge is 2.32. The summed E-state index contributed by atoms with van der Waals surface area (Å²) >= 11 is 0. The van der Waals surface area contributed by atoms with Crippen LogP contribution in [0.5, 0.6) is 0 Å². The van der Waals surface area contributed by atoms with Gasteiger partial charge in [-0.2, -0.15) is 0 Å². The summed E-state index contributed by atoms with van der Waals surface area (Å²) in [4.78, 5) is 14.9. The molecule has 1 saturated heterocycles. The Morgan fingerprint density at radius 1 is 1.12 bits per heavy atom. The molecule has 1 aliphatic heterocycles. The lowest BCUT2D eigenvalue weighted by molar-refractivity contribution is 0.0693. The van der Waals surface area contributed by atoms with Crippen molar-refractivity contribution in [3.8, 4) is 11.3 Å². The van der Waals surface area contributed by atoms with Crippen molar-refractivity contribution in [3.63, 3.8) is 0 Å². The van der Waals surface area contributed by atoms with Gasteiger partial charge in [0.25, 0.3) is 5.91 Å². The van der Waals surface area contributed by atoms with Gasteiger partial charge in [-0.15, -0.1) is 0 Å². The Bertz CT molecular complexity index is 886. The number of aromatic nitrogens is 1. The fraction of sp³-hybridized carbons (Fsp3) is 0.238. The molecule has 126 valence electrons. The van der Waals surface area contributed by atoms with Crippen molar-refractivity contribution < 1.29 is 9.32 Å². The van der Waals surface area contributed by atoms with E-state index in [1.165, 1.54) is 11.1 Å². The van der Waals surface area contributed by atoms with Crippen LogP contribution in [-0.4, -0.2) is 22.5 Å². The highest BCUT2D eigenvalue weighted by Crippen LogP contribution is 2.34. The third-order valence-corrected chi connectivity index (χ3v) is 4.73. The maximum Gasteiger partial charge on any atom is 0.292 e. The summed E-state index contributed by atoms with van der Waals surface area (Å²) in [5.41, 5.74) is 4.04. The van der Waals surface area contributed by atoms with E-state index in [0.29, 0.717) is 11.5 Å². The molecule has 4 rings (SSSR count). The molecule has 2 heterocycles. The third kappa shape index (κ3) is 3.07. The Morgan fingerprint density at radius 3 is 2.76 bits per heavy atom. The monoisotopic (exact) mass is 332 g/mol. The minimum atomic E-state index is -0.0845. The summed E-state index contributed by atoms with van der Waals surface area (Å²) in [7, 11) is 0. The van der Waals surface area contributed by atoms with E-state index in [2.05, 4.69) is 30.3 Å². The standard InChI is InChI=1S/C21H20N2O2/c1-15-7-5-10-17(13-15)19-11-6-12-23(19)21(24)20-14-18(22-25-20)16-8-3-2-4-9-16/h2-5,7-10,13-14,19H,6,11-12H2,1H3. The molecule has 25 heavy (non-hydrogen) atoms. The zero-order valence-electron chi connectivity index (χ0n) is 14.2. The number of nitrogens with zero attached hydrogens (tertiary/aromatic N) is 2. The summed E-state index contributed by atoms with van der Waals surface area (Å²) < 4.78 is 5.36. The maximum absolute atomic E-state index is 13.0. The first-order valence-electron chi connectivity index (χ1n) is 8.62. The Hall–Kier alpha value is -2.88. The molecule has 1 fully saturated rings. The molecule has 1 aliphatic rings. The van der Waals surface area contributed by atoms with Gasteiger partial charge in [0.05, 0.1) is 6.04 Å². The molecular formula is C21H20N2O2. The number of carbonyl (C=O) groups excluding carboxylic acids is 1. The number of amides is 1. The van der Waals surface area contributed by atoms with Crippen LogP contribution in [0.25, 0.3) is 11.3 Å². The molecule has 1 amide bonds. The zero-order valence-corrected chi connectivity index (χ0v) is 14.2. The van der Waals surface area contributed by atoms with Crippen LogP contribution in [0.15, 0.2) is 65.2 Å². The largest absolute Gasteiger partial charge is 0.350 e. The highest BCUT2D eigenvalue weighted by molar-refractivity contribution is 5.93. The van der Waals surface area contributed by atoms with Gasteiger partial charge in [0.15, 0.2) is 0 Å². The third-order valence-electron chi connectivity index (χ3n) is 4.73. The summed E-state index contributed by atoms with van der Waals surface area (Å²) in [5.74, 6) is 0.220. The summed E-state index contributed by atoms with van der Waals surface area (Å²) in [6.45, 7) is 2.83. The van der Waals surface area contributed by atoms with E-state index in [0.717, 1.165) is 24.9 Å². The van der Waals surface area contributed by atoms with Crippen LogP contribution >= 0.6 is 0 Å².